The highest BCUT2D eigenvalue weighted by Crippen LogP contribution is 2.14. The summed E-state index contributed by atoms with van der Waals surface area (Å²) in [5, 5.41) is 3.27. The van der Waals surface area contributed by atoms with Crippen LogP contribution in [0.4, 0.5) is 8.78 Å². The highest BCUT2D eigenvalue weighted by molar-refractivity contribution is 9.09. The summed E-state index contributed by atoms with van der Waals surface area (Å²) >= 11 is 3.25. The number of nitrogens with one attached hydrogen (secondary N) is 1. The summed E-state index contributed by atoms with van der Waals surface area (Å²) in [5.41, 5.74) is 0.131. The van der Waals surface area contributed by atoms with E-state index >= 15 is 0 Å². The first-order chi connectivity index (χ1) is 7.99. The number of aryl methyl sites for hydroxylation is 1. The van der Waals surface area contributed by atoms with Crippen LogP contribution in [0.3, 0.4) is 0 Å². The molecule has 0 bridgehead atoms. The molecule has 1 amide bonds. The van der Waals surface area contributed by atoms with Gasteiger partial charge in [0.25, 0.3) is 5.91 Å². The van der Waals surface area contributed by atoms with Crippen molar-refractivity contribution in [2.24, 2.45) is 0 Å². The monoisotopic (exact) mass is 305 g/mol. The first-order valence-corrected chi connectivity index (χ1v) is 6.44. The number of amides is 1. The molecule has 94 valence electrons. The van der Waals surface area contributed by atoms with E-state index in [2.05, 4.69) is 21.2 Å². The van der Waals surface area contributed by atoms with Gasteiger partial charge in [-0.2, -0.15) is 0 Å². The molecule has 0 radical (unpaired) electrons. The molecule has 1 atom stereocenters. The van der Waals surface area contributed by atoms with Gasteiger partial charge in [0.2, 0.25) is 0 Å². The van der Waals surface area contributed by atoms with Crippen molar-refractivity contribution in [1.29, 1.82) is 0 Å². The molecule has 1 N–H and O–H groups in total. The molecule has 0 heterocycles. The van der Waals surface area contributed by atoms with Gasteiger partial charge in [0.05, 0.1) is 5.56 Å². The highest BCUT2D eigenvalue weighted by atomic mass is 79.9. The van der Waals surface area contributed by atoms with Gasteiger partial charge in [-0.1, -0.05) is 22.9 Å². The fraction of sp³-hybridized carbons (Fsp3) is 0.417. The molecule has 17 heavy (non-hydrogen) atoms. The molecule has 1 rings (SSSR count). The summed E-state index contributed by atoms with van der Waals surface area (Å²) in [6.45, 7) is 3.41. The lowest BCUT2D eigenvalue weighted by Crippen LogP contribution is -2.36. The number of alkyl halides is 1. The van der Waals surface area contributed by atoms with E-state index in [0.717, 1.165) is 12.5 Å². The van der Waals surface area contributed by atoms with Crippen molar-refractivity contribution >= 4 is 21.8 Å². The van der Waals surface area contributed by atoms with Gasteiger partial charge in [-0.05, 0) is 25.0 Å². The summed E-state index contributed by atoms with van der Waals surface area (Å²) in [7, 11) is 0. The lowest BCUT2D eigenvalue weighted by atomic mass is 10.1. The normalized spacial score (nSPS) is 12.3. The van der Waals surface area contributed by atoms with E-state index < -0.39 is 17.5 Å². The molecule has 0 fully saturated rings. The summed E-state index contributed by atoms with van der Waals surface area (Å²) in [4.78, 5) is 11.8. The van der Waals surface area contributed by atoms with Crippen LogP contribution in [0.1, 0.15) is 29.3 Å². The molecule has 1 aromatic rings. The van der Waals surface area contributed by atoms with Gasteiger partial charge in [0.1, 0.15) is 11.6 Å². The molecule has 0 aromatic heterocycles. The Kier molecular flexibility index (Phi) is 5.05. The molecule has 2 nitrogen and oxygen atoms in total. The minimum atomic E-state index is -0.838. The lowest BCUT2D eigenvalue weighted by Gasteiger charge is -2.14. The Bertz CT molecular complexity index is 419. The van der Waals surface area contributed by atoms with Gasteiger partial charge in [0.15, 0.2) is 0 Å². The van der Waals surface area contributed by atoms with Crippen molar-refractivity contribution in [2.45, 2.75) is 26.3 Å². The quantitative estimate of drug-likeness (QED) is 0.851. The first kappa shape index (κ1) is 14.1. The van der Waals surface area contributed by atoms with Crippen molar-refractivity contribution in [3.63, 3.8) is 0 Å². The summed E-state index contributed by atoms with van der Waals surface area (Å²) < 4.78 is 26.5. The smallest absolute Gasteiger partial charge is 0.254 e. The fourth-order valence-corrected chi connectivity index (χ4v) is 1.96. The van der Waals surface area contributed by atoms with Crippen LogP contribution >= 0.6 is 15.9 Å². The van der Waals surface area contributed by atoms with E-state index in [4.69, 9.17) is 0 Å². The van der Waals surface area contributed by atoms with Gasteiger partial charge < -0.3 is 5.32 Å². The van der Waals surface area contributed by atoms with E-state index in [9.17, 15) is 13.6 Å². The Morgan fingerprint density at radius 1 is 1.41 bits per heavy atom. The third-order valence-corrected chi connectivity index (χ3v) is 3.29. The van der Waals surface area contributed by atoms with Crippen molar-refractivity contribution in [3.05, 3.63) is 34.9 Å². The maximum absolute atomic E-state index is 13.4. The molecule has 0 aliphatic carbocycles. The number of hydrogen-bond acceptors (Lipinski definition) is 1. The van der Waals surface area contributed by atoms with Gasteiger partial charge in [-0.15, -0.1) is 0 Å². The fourth-order valence-electron chi connectivity index (χ4n) is 1.34. The van der Waals surface area contributed by atoms with E-state index in [1.807, 2.05) is 6.92 Å². The second-order valence-corrected chi connectivity index (χ2v) is 4.46. The number of hydrogen-bond donors (Lipinski definition) is 1. The summed E-state index contributed by atoms with van der Waals surface area (Å²) in [6.07, 6.45) is 0.735. The van der Waals surface area contributed by atoms with Gasteiger partial charge in [-0.25, -0.2) is 8.78 Å². The van der Waals surface area contributed by atoms with Crippen molar-refractivity contribution in [3.8, 4) is 0 Å². The van der Waals surface area contributed by atoms with Crippen LogP contribution < -0.4 is 5.32 Å². The third-order valence-electron chi connectivity index (χ3n) is 2.51. The number of carbonyl (C=O) groups excluding carboxylic acids is 1. The van der Waals surface area contributed by atoms with Crippen LogP contribution in [0.5, 0.6) is 0 Å². The van der Waals surface area contributed by atoms with Crippen molar-refractivity contribution in [1.82, 2.24) is 5.32 Å². The van der Waals surface area contributed by atoms with Crippen LogP contribution in [-0.4, -0.2) is 17.3 Å². The number of rotatable bonds is 4. The van der Waals surface area contributed by atoms with Crippen LogP contribution in [0.15, 0.2) is 12.1 Å². The molecule has 0 saturated carbocycles. The van der Waals surface area contributed by atoms with Crippen molar-refractivity contribution in [2.75, 3.05) is 5.33 Å². The SMILES string of the molecule is CCC(CBr)NC(=O)c1cc(C)c(F)cc1F. The predicted molar refractivity (Wildman–Crippen MR) is 66.4 cm³/mol. The average molecular weight is 306 g/mol. The first-order valence-electron chi connectivity index (χ1n) is 5.32. The molecular weight excluding hydrogens is 292 g/mol. The zero-order chi connectivity index (χ0) is 13.0. The Morgan fingerprint density at radius 2 is 2.06 bits per heavy atom. The third kappa shape index (κ3) is 3.49. The van der Waals surface area contributed by atoms with Crippen LogP contribution in [0, 0.1) is 18.6 Å². The van der Waals surface area contributed by atoms with E-state index in [0.29, 0.717) is 5.33 Å². The molecule has 5 heteroatoms. The molecule has 1 aromatic carbocycles. The molecule has 0 saturated heterocycles. The Hall–Kier alpha value is -0.970. The largest absolute Gasteiger partial charge is 0.348 e. The van der Waals surface area contributed by atoms with Crippen LogP contribution in [-0.2, 0) is 0 Å². The lowest BCUT2D eigenvalue weighted by molar-refractivity contribution is 0.0936. The predicted octanol–water partition coefficient (Wildman–Crippen LogP) is 3.18. The van der Waals surface area contributed by atoms with Gasteiger partial charge in [0, 0.05) is 17.4 Å². The molecule has 0 aliphatic heterocycles. The summed E-state index contributed by atoms with van der Waals surface area (Å²) in [6, 6.07) is 1.90. The maximum atomic E-state index is 13.4. The zero-order valence-corrected chi connectivity index (χ0v) is 11.3. The van der Waals surface area contributed by atoms with Gasteiger partial charge in [-0.3, -0.25) is 4.79 Å². The van der Waals surface area contributed by atoms with E-state index in [1.165, 1.54) is 13.0 Å². The van der Waals surface area contributed by atoms with Gasteiger partial charge >= 0.3 is 0 Å². The second kappa shape index (κ2) is 6.10. The number of halogens is 3. The highest BCUT2D eigenvalue weighted by Gasteiger charge is 2.16. The zero-order valence-electron chi connectivity index (χ0n) is 9.69. The Labute approximate surface area is 108 Å². The molecule has 1 unspecified atom stereocenters. The van der Waals surface area contributed by atoms with E-state index in [-0.39, 0.29) is 17.2 Å². The van der Waals surface area contributed by atoms with Crippen molar-refractivity contribution < 1.29 is 13.6 Å². The molecular formula is C12H14BrF2NO. The minimum Gasteiger partial charge on any atom is -0.348 e. The topological polar surface area (TPSA) is 29.1 Å². The number of benzene rings is 1. The Balaban J connectivity index is 2.93. The maximum Gasteiger partial charge on any atom is 0.254 e. The Morgan fingerprint density at radius 3 is 2.59 bits per heavy atom. The number of carbonyl (C=O) groups is 1. The molecule has 0 aliphatic rings. The minimum absolute atomic E-state index is 0.0627. The second-order valence-electron chi connectivity index (χ2n) is 3.81. The van der Waals surface area contributed by atoms with E-state index in [1.54, 1.807) is 0 Å². The van der Waals surface area contributed by atoms with Crippen LogP contribution in [0.25, 0.3) is 0 Å². The molecule has 0 spiro atoms. The van der Waals surface area contributed by atoms with Crippen LogP contribution in [0.2, 0.25) is 0 Å². The summed E-state index contributed by atoms with van der Waals surface area (Å²) in [5.74, 6) is -2.00. The average Bonchev–Trinajstić information content (AvgIpc) is 2.30. The standard InChI is InChI=1S/C12H14BrF2NO/c1-3-8(6-13)16-12(17)9-4-7(2)10(14)5-11(9)15/h4-5,8H,3,6H2,1-2H3,(H,16,17).